The largest absolute Gasteiger partial charge is 0.494 e. The molecule has 0 saturated carbocycles. The zero-order valence-electron chi connectivity index (χ0n) is 24.6. The normalized spacial score (nSPS) is 26.6. The summed E-state index contributed by atoms with van der Waals surface area (Å²) in [5.74, 6) is -1.11. The van der Waals surface area contributed by atoms with Gasteiger partial charge in [-0.15, -0.1) is 16.9 Å². The number of hydrogen-bond donors (Lipinski definition) is 3. The SMILES string of the molecule is CCOc1ccc(NC(=O)[C@@H]2[C@@H]3CCC4(S3)C(C(=O)NCn3nnc5ccccc53)N([C@@H](CO)CC(C)C)C(=O)[C@H]24)cc1. The Hall–Kier alpha value is -3.64. The van der Waals surface area contributed by atoms with Crippen LogP contribution < -0.4 is 15.4 Å². The third-order valence-corrected chi connectivity index (χ3v) is 10.8. The number of nitrogens with one attached hydrogen (secondary N) is 2. The first-order valence-electron chi connectivity index (χ1n) is 15.0. The van der Waals surface area contributed by atoms with Crippen LogP contribution in [0.15, 0.2) is 48.5 Å². The highest BCUT2D eigenvalue weighted by Crippen LogP contribution is 2.66. The van der Waals surface area contributed by atoms with Crippen LogP contribution in [0.25, 0.3) is 11.0 Å². The number of nitrogens with zero attached hydrogens (tertiary/aromatic N) is 4. The van der Waals surface area contributed by atoms with E-state index < -0.39 is 28.7 Å². The van der Waals surface area contributed by atoms with Crippen molar-refractivity contribution in [3.05, 3.63) is 48.5 Å². The van der Waals surface area contributed by atoms with Crippen LogP contribution in [0.1, 0.15) is 40.0 Å². The molecule has 2 aromatic carbocycles. The molecule has 3 aliphatic heterocycles. The van der Waals surface area contributed by atoms with Crippen LogP contribution in [0.4, 0.5) is 5.69 Å². The maximum absolute atomic E-state index is 14.4. The highest BCUT2D eigenvalue weighted by atomic mass is 32.2. The summed E-state index contributed by atoms with van der Waals surface area (Å²) in [6, 6.07) is 13.3. The smallest absolute Gasteiger partial charge is 0.245 e. The van der Waals surface area contributed by atoms with Crippen LogP contribution in [0, 0.1) is 17.8 Å². The van der Waals surface area contributed by atoms with Crippen LogP contribution in [0.3, 0.4) is 0 Å². The summed E-state index contributed by atoms with van der Waals surface area (Å²) >= 11 is 1.60. The van der Waals surface area contributed by atoms with Crippen LogP contribution in [0.5, 0.6) is 5.75 Å². The lowest BCUT2D eigenvalue weighted by atomic mass is 9.70. The van der Waals surface area contributed by atoms with Gasteiger partial charge < -0.3 is 25.4 Å². The topological polar surface area (TPSA) is 139 Å². The number of fused-ring (bicyclic) bond motifs is 2. The zero-order chi connectivity index (χ0) is 30.3. The Labute approximate surface area is 254 Å². The molecule has 11 nitrogen and oxygen atoms in total. The van der Waals surface area contributed by atoms with Gasteiger partial charge in [-0.1, -0.05) is 31.2 Å². The van der Waals surface area contributed by atoms with Gasteiger partial charge in [-0.05, 0) is 68.5 Å². The Balaban J connectivity index is 1.29. The summed E-state index contributed by atoms with van der Waals surface area (Å²) in [5.41, 5.74) is 2.13. The van der Waals surface area contributed by atoms with Gasteiger partial charge in [0.05, 0.1) is 41.4 Å². The first-order valence-corrected chi connectivity index (χ1v) is 15.9. The van der Waals surface area contributed by atoms with E-state index >= 15 is 0 Å². The molecule has 3 saturated heterocycles. The third kappa shape index (κ3) is 5.14. The van der Waals surface area contributed by atoms with E-state index in [1.807, 2.05) is 45.0 Å². The quantitative estimate of drug-likeness (QED) is 0.303. The Morgan fingerprint density at radius 1 is 1.16 bits per heavy atom. The highest BCUT2D eigenvalue weighted by Gasteiger charge is 2.74. The molecule has 0 aliphatic carbocycles. The lowest BCUT2D eigenvalue weighted by molar-refractivity contribution is -0.142. The van der Waals surface area contributed by atoms with Gasteiger partial charge in [-0.2, -0.15) is 0 Å². The van der Waals surface area contributed by atoms with E-state index in [1.54, 1.807) is 45.6 Å². The standard InChI is InChI=1S/C31H38N6O5S/c1-4-42-21-11-9-19(10-12-21)33-28(39)25-24-13-14-31(43-24)26(25)30(41)37(20(16-38)15-18(2)3)27(31)29(40)32-17-36-23-8-6-5-7-22(23)34-35-36/h5-12,18,20,24-27,38H,4,13-17H2,1-3H3,(H,32,40)(H,33,39)/t20-,24+,25-,26+,27?,31?/m1/s1. The minimum absolute atomic E-state index is 0.0777. The Bertz CT molecular complexity index is 1510. The molecule has 6 atom stereocenters. The number of hydrogen-bond acceptors (Lipinski definition) is 8. The van der Waals surface area contributed by atoms with Crippen LogP contribution in [-0.2, 0) is 21.1 Å². The number of aromatic nitrogens is 3. The molecule has 1 spiro atoms. The summed E-state index contributed by atoms with van der Waals surface area (Å²) < 4.78 is 6.37. The Morgan fingerprint density at radius 3 is 2.65 bits per heavy atom. The summed E-state index contributed by atoms with van der Waals surface area (Å²) in [7, 11) is 0. The number of thioether (sulfide) groups is 1. The van der Waals surface area contributed by atoms with E-state index in [4.69, 9.17) is 4.74 Å². The molecular formula is C31H38N6O5S. The van der Waals surface area contributed by atoms with Crippen molar-refractivity contribution in [2.24, 2.45) is 17.8 Å². The molecular weight excluding hydrogens is 568 g/mol. The number of aliphatic hydroxyl groups excluding tert-OH is 1. The molecule has 4 heterocycles. The molecule has 1 aromatic heterocycles. The molecule has 12 heteroatoms. The van der Waals surface area contributed by atoms with E-state index in [9.17, 15) is 19.5 Å². The van der Waals surface area contributed by atoms with Crippen LogP contribution >= 0.6 is 11.8 Å². The second-order valence-corrected chi connectivity index (χ2v) is 13.6. The number of aliphatic hydroxyl groups is 1. The predicted molar refractivity (Wildman–Crippen MR) is 163 cm³/mol. The number of amides is 3. The highest BCUT2D eigenvalue weighted by molar-refractivity contribution is 8.02. The van der Waals surface area contributed by atoms with Gasteiger partial charge in [0.25, 0.3) is 0 Å². The number of ether oxygens (including phenoxy) is 1. The van der Waals surface area contributed by atoms with Gasteiger partial charge in [0.2, 0.25) is 17.7 Å². The molecule has 3 fully saturated rings. The molecule has 43 heavy (non-hydrogen) atoms. The lowest BCUT2D eigenvalue weighted by Crippen LogP contribution is -2.56. The fourth-order valence-electron chi connectivity index (χ4n) is 7.21. The number of rotatable bonds is 11. The summed E-state index contributed by atoms with van der Waals surface area (Å²) in [4.78, 5) is 43.9. The van der Waals surface area contributed by atoms with Crippen molar-refractivity contribution < 1.29 is 24.2 Å². The predicted octanol–water partition coefficient (Wildman–Crippen LogP) is 3.04. The molecule has 228 valence electrons. The van der Waals surface area contributed by atoms with Crippen molar-refractivity contribution in [3.8, 4) is 5.75 Å². The number of anilines is 1. The Kier molecular flexibility index (Phi) is 8.08. The number of benzene rings is 2. The number of para-hydroxylation sites is 1. The average Bonchev–Trinajstić information content (AvgIpc) is 3.75. The van der Waals surface area contributed by atoms with Gasteiger partial charge in [0.1, 0.15) is 24.0 Å². The van der Waals surface area contributed by atoms with Gasteiger partial charge in [-0.25, -0.2) is 4.68 Å². The van der Waals surface area contributed by atoms with Crippen molar-refractivity contribution >= 4 is 46.2 Å². The zero-order valence-corrected chi connectivity index (χ0v) is 25.4. The summed E-state index contributed by atoms with van der Waals surface area (Å²) in [6.07, 6.45) is 1.92. The first kappa shape index (κ1) is 29.4. The molecule has 3 N–H and O–H groups in total. The van der Waals surface area contributed by atoms with E-state index in [1.165, 1.54) is 0 Å². The number of carbonyl (C=O) groups excluding carboxylic acids is 3. The minimum Gasteiger partial charge on any atom is -0.494 e. The molecule has 3 amide bonds. The van der Waals surface area contributed by atoms with Crippen molar-refractivity contribution in [2.45, 2.75) is 68.8 Å². The maximum Gasteiger partial charge on any atom is 0.245 e. The third-order valence-electron chi connectivity index (χ3n) is 8.89. The maximum atomic E-state index is 14.4. The van der Waals surface area contributed by atoms with Crippen molar-refractivity contribution in [2.75, 3.05) is 18.5 Å². The van der Waals surface area contributed by atoms with Crippen molar-refractivity contribution in [1.82, 2.24) is 25.2 Å². The second-order valence-electron chi connectivity index (χ2n) is 12.0. The molecule has 2 unspecified atom stereocenters. The van der Waals surface area contributed by atoms with E-state index in [0.29, 0.717) is 30.9 Å². The number of carbonyl (C=O) groups is 3. The molecule has 3 aliphatic rings. The first-order chi connectivity index (χ1) is 20.8. The van der Waals surface area contributed by atoms with Gasteiger partial charge >= 0.3 is 0 Å². The van der Waals surface area contributed by atoms with Gasteiger partial charge in [0.15, 0.2) is 0 Å². The fourth-order valence-corrected chi connectivity index (χ4v) is 9.42. The molecule has 6 rings (SSSR count). The monoisotopic (exact) mass is 606 g/mol. The minimum atomic E-state index is -0.825. The summed E-state index contributed by atoms with van der Waals surface area (Å²) in [5, 5.41) is 24.8. The van der Waals surface area contributed by atoms with E-state index in [2.05, 4.69) is 20.9 Å². The van der Waals surface area contributed by atoms with Crippen molar-refractivity contribution in [1.29, 1.82) is 0 Å². The van der Waals surface area contributed by atoms with E-state index in [-0.39, 0.29) is 42.2 Å². The lowest BCUT2D eigenvalue weighted by Gasteiger charge is -2.37. The molecule has 3 aromatic rings. The number of likely N-dealkylation sites (tertiary alicyclic amines) is 1. The molecule has 0 radical (unpaired) electrons. The van der Waals surface area contributed by atoms with Crippen LogP contribution in [-0.4, -0.2) is 78.0 Å². The fraction of sp³-hybridized carbons (Fsp3) is 0.516. The van der Waals surface area contributed by atoms with Crippen molar-refractivity contribution in [3.63, 3.8) is 0 Å². The summed E-state index contributed by atoms with van der Waals surface area (Å²) in [6.45, 7) is 6.34. The van der Waals surface area contributed by atoms with Gasteiger partial charge in [0, 0.05) is 10.9 Å². The van der Waals surface area contributed by atoms with Crippen LogP contribution in [0.2, 0.25) is 0 Å². The Morgan fingerprint density at radius 2 is 1.93 bits per heavy atom. The van der Waals surface area contributed by atoms with E-state index in [0.717, 1.165) is 17.5 Å². The average molecular weight is 607 g/mol. The molecule has 2 bridgehead atoms. The van der Waals surface area contributed by atoms with Gasteiger partial charge in [-0.3, -0.25) is 14.4 Å². The second kappa shape index (κ2) is 11.8.